The minimum Gasteiger partial charge on any atom is -0.388 e. The Kier molecular flexibility index (Phi) is 2.35. The van der Waals surface area contributed by atoms with Crippen LogP contribution in [0.1, 0.15) is 37.1 Å². The molecule has 3 heteroatoms. The summed E-state index contributed by atoms with van der Waals surface area (Å²) in [6, 6.07) is 2.05. The number of hydrogen-bond acceptors (Lipinski definition) is 2. The lowest BCUT2D eigenvalue weighted by molar-refractivity contribution is 0.0259. The molecule has 1 aromatic rings. The van der Waals surface area contributed by atoms with Crippen molar-refractivity contribution in [1.29, 1.82) is 0 Å². The van der Waals surface area contributed by atoms with Gasteiger partial charge in [0.05, 0.1) is 17.8 Å². The van der Waals surface area contributed by atoms with Crippen molar-refractivity contribution in [2.75, 3.05) is 0 Å². The third kappa shape index (κ3) is 1.82. The Balaban J connectivity index is 2.13. The van der Waals surface area contributed by atoms with Crippen molar-refractivity contribution in [2.24, 2.45) is 0 Å². The summed E-state index contributed by atoms with van der Waals surface area (Å²) in [5.74, 6) is 0. The lowest BCUT2D eigenvalue weighted by atomic mass is 10.0. The molecule has 14 heavy (non-hydrogen) atoms. The molecular formula is C11H18N2O. The molecule has 0 spiro atoms. The molecule has 0 aliphatic heterocycles. The Morgan fingerprint density at radius 2 is 2.07 bits per heavy atom. The summed E-state index contributed by atoms with van der Waals surface area (Å²) in [6.45, 7) is 4.69. The van der Waals surface area contributed by atoms with Crippen LogP contribution in [0.3, 0.4) is 0 Å². The molecule has 0 amide bonds. The molecule has 2 rings (SSSR count). The Labute approximate surface area is 84.7 Å². The lowest BCUT2D eigenvalue weighted by Gasteiger charge is -2.22. The van der Waals surface area contributed by atoms with E-state index in [4.69, 9.17) is 0 Å². The number of nitrogens with zero attached hydrogens (tertiary/aromatic N) is 2. The normalized spacial score (nSPS) is 20.2. The van der Waals surface area contributed by atoms with Gasteiger partial charge in [-0.2, -0.15) is 5.10 Å². The Morgan fingerprint density at radius 3 is 2.57 bits per heavy atom. The van der Waals surface area contributed by atoms with E-state index in [1.165, 1.54) is 0 Å². The van der Waals surface area contributed by atoms with Gasteiger partial charge in [0.25, 0.3) is 0 Å². The summed E-state index contributed by atoms with van der Waals surface area (Å²) in [5, 5.41) is 14.6. The largest absolute Gasteiger partial charge is 0.388 e. The monoisotopic (exact) mass is 194 g/mol. The Morgan fingerprint density at radius 1 is 1.43 bits per heavy atom. The van der Waals surface area contributed by atoms with Crippen LogP contribution in [0.25, 0.3) is 0 Å². The zero-order chi connectivity index (χ0) is 10.2. The topological polar surface area (TPSA) is 38.0 Å². The van der Waals surface area contributed by atoms with Gasteiger partial charge >= 0.3 is 0 Å². The van der Waals surface area contributed by atoms with E-state index in [0.29, 0.717) is 6.54 Å². The maximum Gasteiger partial charge on any atom is 0.0842 e. The van der Waals surface area contributed by atoms with Crippen molar-refractivity contribution < 1.29 is 5.11 Å². The molecule has 0 aromatic carbocycles. The lowest BCUT2D eigenvalue weighted by Crippen LogP contribution is -2.31. The van der Waals surface area contributed by atoms with Crippen LogP contribution in [0.5, 0.6) is 0 Å². The third-order valence-corrected chi connectivity index (χ3v) is 3.08. The second kappa shape index (κ2) is 3.39. The first kappa shape index (κ1) is 9.71. The third-order valence-electron chi connectivity index (χ3n) is 3.08. The van der Waals surface area contributed by atoms with E-state index in [1.54, 1.807) is 0 Å². The van der Waals surface area contributed by atoms with Gasteiger partial charge in [0.2, 0.25) is 0 Å². The molecular weight excluding hydrogens is 176 g/mol. The molecule has 0 bridgehead atoms. The van der Waals surface area contributed by atoms with E-state index in [0.717, 1.165) is 37.1 Å². The highest BCUT2D eigenvalue weighted by atomic mass is 16.3. The van der Waals surface area contributed by atoms with E-state index >= 15 is 0 Å². The number of aromatic nitrogens is 2. The molecule has 1 heterocycles. The van der Waals surface area contributed by atoms with Gasteiger partial charge in [0.1, 0.15) is 0 Å². The van der Waals surface area contributed by atoms with E-state index < -0.39 is 5.60 Å². The summed E-state index contributed by atoms with van der Waals surface area (Å²) in [4.78, 5) is 0. The van der Waals surface area contributed by atoms with Crippen LogP contribution >= 0.6 is 0 Å². The SMILES string of the molecule is Cc1cc(C)n(CC2(O)CCCC2)n1. The summed E-state index contributed by atoms with van der Waals surface area (Å²) < 4.78 is 1.93. The standard InChI is InChI=1S/C11H18N2O/c1-9-7-10(2)13(12-9)8-11(14)5-3-4-6-11/h7,14H,3-6,8H2,1-2H3. The molecule has 1 aliphatic rings. The van der Waals surface area contributed by atoms with E-state index in [9.17, 15) is 5.11 Å². The molecule has 0 atom stereocenters. The van der Waals surface area contributed by atoms with Crippen molar-refractivity contribution >= 4 is 0 Å². The molecule has 1 saturated carbocycles. The predicted molar refractivity (Wildman–Crippen MR) is 55.1 cm³/mol. The number of rotatable bonds is 2. The molecule has 1 N–H and O–H groups in total. The van der Waals surface area contributed by atoms with Crippen LogP contribution in [0.4, 0.5) is 0 Å². The van der Waals surface area contributed by atoms with Gasteiger partial charge in [-0.25, -0.2) is 0 Å². The highest BCUT2D eigenvalue weighted by molar-refractivity contribution is 5.07. The highest BCUT2D eigenvalue weighted by Gasteiger charge is 2.32. The van der Waals surface area contributed by atoms with Crippen molar-refractivity contribution in [3.63, 3.8) is 0 Å². The van der Waals surface area contributed by atoms with Crippen LogP contribution in [0.15, 0.2) is 6.07 Å². The minimum absolute atomic E-state index is 0.497. The summed E-state index contributed by atoms with van der Waals surface area (Å²) in [5.41, 5.74) is 1.68. The summed E-state index contributed by atoms with van der Waals surface area (Å²) >= 11 is 0. The van der Waals surface area contributed by atoms with E-state index in [1.807, 2.05) is 18.5 Å². The fourth-order valence-electron chi connectivity index (χ4n) is 2.31. The second-order valence-corrected chi connectivity index (χ2v) is 4.52. The molecule has 78 valence electrons. The van der Waals surface area contributed by atoms with Crippen molar-refractivity contribution in [3.05, 3.63) is 17.5 Å². The van der Waals surface area contributed by atoms with Crippen molar-refractivity contribution in [1.82, 2.24) is 9.78 Å². The first-order valence-corrected chi connectivity index (χ1v) is 5.33. The Hall–Kier alpha value is -0.830. The van der Waals surface area contributed by atoms with Gasteiger partial charge in [0.15, 0.2) is 0 Å². The van der Waals surface area contributed by atoms with Gasteiger partial charge in [-0.1, -0.05) is 12.8 Å². The molecule has 0 unspecified atom stereocenters. The first-order valence-electron chi connectivity index (χ1n) is 5.33. The quantitative estimate of drug-likeness (QED) is 0.779. The van der Waals surface area contributed by atoms with E-state index in [2.05, 4.69) is 11.2 Å². The smallest absolute Gasteiger partial charge is 0.0842 e. The molecule has 1 aromatic heterocycles. The maximum absolute atomic E-state index is 10.2. The second-order valence-electron chi connectivity index (χ2n) is 4.52. The van der Waals surface area contributed by atoms with Crippen LogP contribution in [-0.2, 0) is 6.54 Å². The molecule has 3 nitrogen and oxygen atoms in total. The average Bonchev–Trinajstić information content (AvgIpc) is 2.61. The minimum atomic E-state index is -0.497. The fourth-order valence-corrected chi connectivity index (χ4v) is 2.31. The van der Waals surface area contributed by atoms with Crippen LogP contribution in [-0.4, -0.2) is 20.5 Å². The zero-order valence-corrected chi connectivity index (χ0v) is 8.95. The molecule has 1 fully saturated rings. The zero-order valence-electron chi connectivity index (χ0n) is 8.95. The Bertz CT molecular complexity index is 324. The fraction of sp³-hybridized carbons (Fsp3) is 0.727. The van der Waals surface area contributed by atoms with Gasteiger partial charge in [0, 0.05) is 5.69 Å². The van der Waals surface area contributed by atoms with Crippen LogP contribution < -0.4 is 0 Å². The van der Waals surface area contributed by atoms with E-state index in [-0.39, 0.29) is 0 Å². The predicted octanol–water partition coefficient (Wildman–Crippen LogP) is 1.81. The maximum atomic E-state index is 10.2. The molecule has 0 saturated heterocycles. The molecule has 1 aliphatic carbocycles. The van der Waals surface area contributed by atoms with Gasteiger partial charge in [-0.3, -0.25) is 4.68 Å². The van der Waals surface area contributed by atoms with Crippen LogP contribution in [0.2, 0.25) is 0 Å². The van der Waals surface area contributed by atoms with Gasteiger partial charge in [-0.05, 0) is 32.8 Å². The molecule has 0 radical (unpaired) electrons. The highest BCUT2D eigenvalue weighted by Crippen LogP contribution is 2.31. The van der Waals surface area contributed by atoms with Gasteiger partial charge < -0.3 is 5.11 Å². The van der Waals surface area contributed by atoms with Gasteiger partial charge in [-0.15, -0.1) is 0 Å². The number of hydrogen-bond donors (Lipinski definition) is 1. The van der Waals surface area contributed by atoms with Crippen molar-refractivity contribution in [2.45, 2.75) is 51.7 Å². The average molecular weight is 194 g/mol. The first-order chi connectivity index (χ1) is 6.59. The number of aliphatic hydroxyl groups is 1. The van der Waals surface area contributed by atoms with Crippen molar-refractivity contribution in [3.8, 4) is 0 Å². The summed E-state index contributed by atoms with van der Waals surface area (Å²) in [6.07, 6.45) is 4.14. The number of aryl methyl sites for hydroxylation is 2. The summed E-state index contributed by atoms with van der Waals surface area (Å²) in [7, 11) is 0. The van der Waals surface area contributed by atoms with Crippen LogP contribution in [0, 0.1) is 13.8 Å².